The van der Waals surface area contributed by atoms with Gasteiger partial charge in [0.25, 0.3) is 10.0 Å². The smallest absolute Gasteiger partial charge is 0.286 e. The number of hydrogen-bond donors (Lipinski definition) is 0. The second-order valence-electron chi connectivity index (χ2n) is 5.96. The lowest BCUT2D eigenvalue weighted by atomic mass is 10.2. The molecule has 138 valence electrons. The zero-order valence-corrected chi connectivity index (χ0v) is 16.5. The number of thioether (sulfide) groups is 1. The number of para-hydroxylation sites is 1. The molecule has 1 aliphatic rings. The van der Waals surface area contributed by atoms with Gasteiger partial charge in [-0.05, 0) is 36.2 Å². The molecule has 0 unspecified atom stereocenters. The number of nitrogens with zero attached hydrogens (tertiary/aromatic N) is 2. The average Bonchev–Trinajstić information content (AvgIpc) is 2.66. The summed E-state index contributed by atoms with van der Waals surface area (Å²) in [7, 11) is -2.03. The second kappa shape index (κ2) is 8.14. The first kappa shape index (κ1) is 18.8. The Labute approximate surface area is 159 Å². The van der Waals surface area contributed by atoms with E-state index in [1.165, 1.54) is 11.8 Å². The van der Waals surface area contributed by atoms with Gasteiger partial charge in [0.15, 0.2) is 5.17 Å². The number of hydrogen-bond acceptors (Lipinski definition) is 5. The molecule has 0 radical (unpaired) electrons. The zero-order valence-electron chi connectivity index (χ0n) is 14.9. The van der Waals surface area contributed by atoms with E-state index in [0.29, 0.717) is 16.6 Å². The Kier molecular flexibility index (Phi) is 5.88. The van der Waals surface area contributed by atoms with Gasteiger partial charge in [0.05, 0.1) is 12.8 Å². The van der Waals surface area contributed by atoms with E-state index in [-0.39, 0.29) is 4.90 Å². The average molecular weight is 391 g/mol. The van der Waals surface area contributed by atoms with Crippen molar-refractivity contribution in [1.29, 1.82) is 0 Å². The highest BCUT2D eigenvalue weighted by Gasteiger charge is 2.30. The fraction of sp³-hybridized carbons (Fsp3) is 0.316. The maximum atomic E-state index is 12.6. The van der Waals surface area contributed by atoms with Gasteiger partial charge in [0.1, 0.15) is 10.6 Å². The van der Waals surface area contributed by atoms with Crippen LogP contribution in [0.3, 0.4) is 0 Å². The third-order valence-electron chi connectivity index (χ3n) is 4.10. The molecule has 5 nitrogen and oxygen atoms in total. The van der Waals surface area contributed by atoms with Gasteiger partial charge in [-0.1, -0.05) is 49.4 Å². The molecule has 0 aliphatic carbocycles. The van der Waals surface area contributed by atoms with Crippen molar-refractivity contribution < 1.29 is 13.2 Å². The van der Waals surface area contributed by atoms with E-state index in [9.17, 15) is 8.42 Å². The van der Waals surface area contributed by atoms with Crippen LogP contribution in [-0.4, -0.2) is 27.2 Å². The van der Waals surface area contributed by atoms with Crippen molar-refractivity contribution >= 4 is 32.6 Å². The summed E-state index contributed by atoms with van der Waals surface area (Å²) in [4.78, 5) is 2.30. The Balaban J connectivity index is 1.89. The summed E-state index contributed by atoms with van der Waals surface area (Å²) < 4.78 is 34.5. The van der Waals surface area contributed by atoms with E-state index in [1.807, 2.05) is 41.3 Å². The predicted octanol–water partition coefficient (Wildman–Crippen LogP) is 4.29. The SMILES string of the molecule is CCCCN1C(SCc2cccc(OC)c2)=NS(=O)(=O)c2ccccc21. The molecule has 2 aromatic rings. The normalized spacial score (nSPS) is 15.3. The van der Waals surface area contributed by atoms with Gasteiger partial charge in [-0.25, -0.2) is 0 Å². The molecule has 7 heteroatoms. The first-order valence-electron chi connectivity index (χ1n) is 8.52. The first-order valence-corrected chi connectivity index (χ1v) is 10.9. The van der Waals surface area contributed by atoms with Crippen LogP contribution in [0.4, 0.5) is 5.69 Å². The first-order chi connectivity index (χ1) is 12.5. The standard InChI is InChI=1S/C19H22N2O3S2/c1-3-4-12-21-17-10-5-6-11-18(17)26(22,23)20-19(21)25-14-15-8-7-9-16(13-15)24-2/h5-11,13H,3-4,12,14H2,1-2H3. The molecule has 0 spiro atoms. The maximum Gasteiger partial charge on any atom is 0.286 e. The fourth-order valence-corrected chi connectivity index (χ4v) is 5.17. The molecule has 2 aromatic carbocycles. The molecule has 1 aliphatic heterocycles. The molecule has 0 bridgehead atoms. The summed E-state index contributed by atoms with van der Waals surface area (Å²) in [5.41, 5.74) is 1.77. The molecule has 0 aromatic heterocycles. The molecule has 0 amide bonds. The summed E-state index contributed by atoms with van der Waals surface area (Å²) >= 11 is 1.44. The number of methoxy groups -OCH3 is 1. The largest absolute Gasteiger partial charge is 0.497 e. The van der Waals surface area contributed by atoms with E-state index in [1.54, 1.807) is 19.2 Å². The predicted molar refractivity (Wildman–Crippen MR) is 108 cm³/mol. The van der Waals surface area contributed by atoms with Crippen LogP contribution in [0.2, 0.25) is 0 Å². The Morgan fingerprint density at radius 2 is 1.96 bits per heavy atom. The quantitative estimate of drug-likeness (QED) is 0.736. The van der Waals surface area contributed by atoms with Crippen LogP contribution in [-0.2, 0) is 15.8 Å². The highest BCUT2D eigenvalue weighted by atomic mass is 32.2. The summed E-state index contributed by atoms with van der Waals surface area (Å²) in [6, 6.07) is 14.8. The number of amidine groups is 1. The lowest BCUT2D eigenvalue weighted by Crippen LogP contribution is -2.34. The molecule has 0 saturated carbocycles. The van der Waals surface area contributed by atoms with Crippen molar-refractivity contribution in [1.82, 2.24) is 0 Å². The van der Waals surface area contributed by atoms with Gasteiger partial charge in [-0.2, -0.15) is 8.42 Å². The Morgan fingerprint density at radius 1 is 1.15 bits per heavy atom. The highest BCUT2D eigenvalue weighted by Crippen LogP contribution is 2.35. The molecule has 3 rings (SSSR count). The summed E-state index contributed by atoms with van der Waals surface area (Å²) in [5.74, 6) is 1.41. The summed E-state index contributed by atoms with van der Waals surface area (Å²) in [6.45, 7) is 2.86. The minimum Gasteiger partial charge on any atom is -0.497 e. The maximum absolute atomic E-state index is 12.6. The Morgan fingerprint density at radius 3 is 2.73 bits per heavy atom. The number of ether oxygens (including phenoxy) is 1. The van der Waals surface area contributed by atoms with Crippen molar-refractivity contribution in [2.24, 2.45) is 4.40 Å². The minimum absolute atomic E-state index is 0.279. The fourth-order valence-electron chi connectivity index (χ4n) is 2.75. The van der Waals surface area contributed by atoms with Crippen LogP contribution < -0.4 is 9.64 Å². The Hall–Kier alpha value is -1.99. The van der Waals surface area contributed by atoms with Gasteiger partial charge >= 0.3 is 0 Å². The van der Waals surface area contributed by atoms with Crippen LogP contribution in [0.1, 0.15) is 25.3 Å². The highest BCUT2D eigenvalue weighted by molar-refractivity contribution is 8.14. The lowest BCUT2D eigenvalue weighted by molar-refractivity contribution is 0.414. The van der Waals surface area contributed by atoms with Crippen molar-refractivity contribution in [3.8, 4) is 5.75 Å². The summed E-state index contributed by atoms with van der Waals surface area (Å²) in [6.07, 6.45) is 1.99. The number of fused-ring (bicyclic) bond motifs is 1. The van der Waals surface area contributed by atoms with Crippen molar-refractivity contribution in [3.63, 3.8) is 0 Å². The van der Waals surface area contributed by atoms with Crippen LogP contribution >= 0.6 is 11.8 Å². The third-order valence-corrected chi connectivity index (χ3v) is 6.58. The third kappa shape index (κ3) is 4.04. The van der Waals surface area contributed by atoms with Gasteiger partial charge in [0.2, 0.25) is 0 Å². The van der Waals surface area contributed by atoms with Gasteiger partial charge in [-0.3, -0.25) is 0 Å². The number of sulfonamides is 1. The number of unbranched alkanes of at least 4 members (excludes halogenated alkanes) is 1. The molecule has 0 saturated heterocycles. The zero-order chi connectivity index (χ0) is 18.6. The molecule has 1 heterocycles. The van der Waals surface area contributed by atoms with Crippen LogP contribution in [0.5, 0.6) is 5.75 Å². The van der Waals surface area contributed by atoms with E-state index in [2.05, 4.69) is 11.3 Å². The molecule has 26 heavy (non-hydrogen) atoms. The van der Waals surface area contributed by atoms with Crippen LogP contribution in [0.15, 0.2) is 57.8 Å². The molecule has 0 fully saturated rings. The van der Waals surface area contributed by atoms with Crippen molar-refractivity contribution in [2.45, 2.75) is 30.4 Å². The topological polar surface area (TPSA) is 59.0 Å². The van der Waals surface area contributed by atoms with Crippen LogP contribution in [0, 0.1) is 0 Å². The van der Waals surface area contributed by atoms with Crippen LogP contribution in [0.25, 0.3) is 0 Å². The minimum atomic E-state index is -3.67. The van der Waals surface area contributed by atoms with E-state index in [4.69, 9.17) is 4.74 Å². The summed E-state index contributed by atoms with van der Waals surface area (Å²) in [5, 5.41) is 0.528. The van der Waals surface area contributed by atoms with Gasteiger partial charge < -0.3 is 9.64 Å². The monoisotopic (exact) mass is 390 g/mol. The van der Waals surface area contributed by atoms with Crippen molar-refractivity contribution in [3.05, 3.63) is 54.1 Å². The number of anilines is 1. The molecule has 0 atom stereocenters. The molecule has 0 N–H and O–H groups in total. The number of benzene rings is 2. The molecular weight excluding hydrogens is 368 g/mol. The number of rotatable bonds is 6. The van der Waals surface area contributed by atoms with E-state index >= 15 is 0 Å². The Bertz CT molecular complexity index is 911. The second-order valence-corrected chi connectivity index (χ2v) is 8.48. The van der Waals surface area contributed by atoms with Crippen molar-refractivity contribution in [2.75, 3.05) is 18.6 Å². The molecular formula is C19H22N2O3S2. The lowest BCUT2D eigenvalue weighted by Gasteiger charge is -2.30. The van der Waals surface area contributed by atoms with E-state index < -0.39 is 10.0 Å². The van der Waals surface area contributed by atoms with E-state index in [0.717, 1.165) is 30.7 Å². The van der Waals surface area contributed by atoms with Gasteiger partial charge in [-0.15, -0.1) is 4.40 Å². The van der Waals surface area contributed by atoms with Gasteiger partial charge in [0, 0.05) is 12.3 Å².